The maximum Gasteiger partial charge on any atom is 0.326 e. The highest BCUT2D eigenvalue weighted by Crippen LogP contribution is 2.27. The van der Waals surface area contributed by atoms with Crippen LogP contribution in [0.25, 0.3) is 0 Å². The maximum absolute atomic E-state index is 14.1. The molecule has 0 saturated carbocycles. The molecule has 0 saturated heterocycles. The minimum absolute atomic E-state index is 0.302. The van der Waals surface area contributed by atoms with Crippen molar-refractivity contribution in [2.45, 2.75) is 4.90 Å². The van der Waals surface area contributed by atoms with Crippen molar-refractivity contribution in [2.75, 3.05) is 18.0 Å². The second-order valence-electron chi connectivity index (χ2n) is 4.79. The largest absolute Gasteiger partial charge is 0.468 e. The highest BCUT2D eigenvalue weighted by molar-refractivity contribution is 7.92. The molecule has 0 bridgehead atoms. The number of nitrogens with zero attached hydrogens (tertiary/aromatic N) is 2. The topological polar surface area (TPSA) is 107 Å². The van der Waals surface area contributed by atoms with Crippen molar-refractivity contribution in [3.63, 3.8) is 0 Å². The Morgan fingerprint density at radius 2 is 1.80 bits per heavy atom. The van der Waals surface area contributed by atoms with Crippen LogP contribution in [-0.4, -0.2) is 33.0 Å². The summed E-state index contributed by atoms with van der Waals surface area (Å²) in [4.78, 5) is 21.3. The summed E-state index contributed by atoms with van der Waals surface area (Å²) in [6.07, 6.45) is 0. The molecule has 0 aliphatic heterocycles. The van der Waals surface area contributed by atoms with Crippen LogP contribution in [0.5, 0.6) is 0 Å². The highest BCUT2D eigenvalue weighted by Gasteiger charge is 2.29. The molecule has 8 nitrogen and oxygen atoms in total. The second kappa shape index (κ2) is 7.26. The first kappa shape index (κ1) is 18.3. The number of esters is 1. The van der Waals surface area contributed by atoms with Gasteiger partial charge in [-0.15, -0.1) is 0 Å². The molecule has 0 heterocycles. The Labute approximate surface area is 142 Å². The van der Waals surface area contributed by atoms with Crippen LogP contribution >= 0.6 is 0 Å². The fourth-order valence-electron chi connectivity index (χ4n) is 2.00. The van der Waals surface area contributed by atoms with E-state index in [9.17, 15) is 27.7 Å². The molecule has 132 valence electrons. The lowest BCUT2D eigenvalue weighted by atomic mass is 10.3. The summed E-state index contributed by atoms with van der Waals surface area (Å²) >= 11 is 0. The van der Waals surface area contributed by atoms with Crippen LogP contribution < -0.4 is 4.31 Å². The van der Waals surface area contributed by atoms with Gasteiger partial charge in [0.05, 0.1) is 22.6 Å². The molecule has 10 heteroatoms. The molecule has 0 aliphatic carbocycles. The molecule has 0 amide bonds. The Hall–Kier alpha value is -3.01. The number of hydrogen-bond donors (Lipinski definition) is 0. The van der Waals surface area contributed by atoms with Gasteiger partial charge >= 0.3 is 5.97 Å². The number of carbonyl (C=O) groups excluding carboxylic acids is 1. The van der Waals surface area contributed by atoms with Crippen molar-refractivity contribution in [1.82, 2.24) is 0 Å². The number of benzene rings is 2. The molecule has 0 atom stereocenters. The van der Waals surface area contributed by atoms with Gasteiger partial charge in [-0.2, -0.15) is 0 Å². The van der Waals surface area contributed by atoms with Gasteiger partial charge in [-0.1, -0.05) is 12.1 Å². The van der Waals surface area contributed by atoms with Crippen LogP contribution in [0.15, 0.2) is 53.4 Å². The Bertz CT molecular complexity index is 898. The Morgan fingerprint density at radius 3 is 2.32 bits per heavy atom. The lowest BCUT2D eigenvalue weighted by Gasteiger charge is -2.23. The summed E-state index contributed by atoms with van der Waals surface area (Å²) in [6, 6.07) is 9.06. The van der Waals surface area contributed by atoms with Crippen molar-refractivity contribution in [1.29, 1.82) is 0 Å². The summed E-state index contributed by atoms with van der Waals surface area (Å²) < 4.78 is 44.7. The van der Waals surface area contributed by atoms with E-state index in [1.165, 1.54) is 18.2 Å². The summed E-state index contributed by atoms with van der Waals surface area (Å²) in [6.45, 7) is -0.753. The van der Waals surface area contributed by atoms with Gasteiger partial charge in [0.15, 0.2) is 0 Å². The van der Waals surface area contributed by atoms with E-state index in [0.29, 0.717) is 4.31 Å². The van der Waals surface area contributed by atoms with E-state index < -0.39 is 33.3 Å². The van der Waals surface area contributed by atoms with Gasteiger partial charge in [0.2, 0.25) is 0 Å². The van der Waals surface area contributed by atoms with E-state index in [2.05, 4.69) is 4.74 Å². The van der Waals surface area contributed by atoms with Crippen LogP contribution in [0.4, 0.5) is 15.8 Å². The van der Waals surface area contributed by atoms with Crippen LogP contribution in [0.3, 0.4) is 0 Å². The van der Waals surface area contributed by atoms with Crippen LogP contribution in [0.1, 0.15) is 0 Å². The fraction of sp³-hybridized carbons (Fsp3) is 0.133. The number of anilines is 1. The standard InChI is InChI=1S/C15H13FN2O6S/c1-24-15(19)10-17(14-5-3-2-4-13(14)16)25(22,23)12-8-6-11(7-9-12)18(20)21/h2-9H,10H2,1H3. The van der Waals surface area contributed by atoms with E-state index >= 15 is 0 Å². The molecule has 0 aliphatic rings. The van der Waals surface area contributed by atoms with E-state index in [-0.39, 0.29) is 16.3 Å². The summed E-state index contributed by atoms with van der Waals surface area (Å²) in [7, 11) is -3.28. The van der Waals surface area contributed by atoms with E-state index in [4.69, 9.17) is 0 Å². The minimum atomic E-state index is -4.35. The van der Waals surface area contributed by atoms with Crippen molar-refractivity contribution >= 4 is 27.4 Å². The molecule has 2 rings (SSSR count). The molecular formula is C15H13FN2O6S. The lowest BCUT2D eigenvalue weighted by Crippen LogP contribution is -2.36. The number of sulfonamides is 1. The van der Waals surface area contributed by atoms with E-state index in [1.807, 2.05) is 0 Å². The molecular weight excluding hydrogens is 355 g/mol. The van der Waals surface area contributed by atoms with E-state index in [0.717, 1.165) is 37.4 Å². The molecule has 0 fully saturated rings. The smallest absolute Gasteiger partial charge is 0.326 e. The van der Waals surface area contributed by atoms with Crippen molar-refractivity contribution in [2.24, 2.45) is 0 Å². The number of nitro benzene ring substituents is 1. The average molecular weight is 368 g/mol. The lowest BCUT2D eigenvalue weighted by molar-refractivity contribution is -0.384. The first-order valence-electron chi connectivity index (χ1n) is 6.86. The number of nitro groups is 1. The molecule has 0 radical (unpaired) electrons. The van der Waals surface area contributed by atoms with Gasteiger partial charge in [0.1, 0.15) is 12.4 Å². The van der Waals surface area contributed by atoms with Gasteiger partial charge in [0.25, 0.3) is 15.7 Å². The molecule has 0 aromatic heterocycles. The molecule has 2 aromatic rings. The van der Waals surface area contributed by atoms with Crippen molar-refractivity contribution in [3.8, 4) is 0 Å². The average Bonchev–Trinajstić information content (AvgIpc) is 2.60. The first-order valence-corrected chi connectivity index (χ1v) is 8.30. The third-order valence-corrected chi connectivity index (χ3v) is 5.03. The molecule has 0 spiro atoms. The second-order valence-corrected chi connectivity index (χ2v) is 6.65. The third kappa shape index (κ3) is 3.91. The Balaban J connectivity index is 2.53. The number of halogens is 1. The molecule has 0 N–H and O–H groups in total. The summed E-state index contributed by atoms with van der Waals surface area (Å²) in [5.41, 5.74) is -0.643. The number of ether oxygens (including phenoxy) is 1. The van der Waals surface area contributed by atoms with Gasteiger partial charge in [-0.25, -0.2) is 12.8 Å². The van der Waals surface area contributed by atoms with E-state index in [1.54, 1.807) is 0 Å². The zero-order valence-electron chi connectivity index (χ0n) is 13.0. The predicted octanol–water partition coefficient (Wildman–Crippen LogP) is 2.10. The molecule has 2 aromatic carbocycles. The summed E-state index contributed by atoms with van der Waals surface area (Å²) in [5, 5.41) is 10.7. The summed E-state index contributed by atoms with van der Waals surface area (Å²) in [5.74, 6) is -1.74. The maximum atomic E-state index is 14.1. The third-order valence-electron chi connectivity index (χ3n) is 3.26. The normalized spacial score (nSPS) is 11.0. The number of rotatable bonds is 6. The fourth-order valence-corrected chi connectivity index (χ4v) is 3.42. The Morgan fingerprint density at radius 1 is 1.20 bits per heavy atom. The predicted molar refractivity (Wildman–Crippen MR) is 86.0 cm³/mol. The number of para-hydroxylation sites is 1. The minimum Gasteiger partial charge on any atom is -0.468 e. The van der Waals surface area contributed by atoms with Gasteiger partial charge in [0, 0.05) is 12.1 Å². The van der Waals surface area contributed by atoms with Crippen LogP contribution in [0.2, 0.25) is 0 Å². The molecule has 0 unspecified atom stereocenters. The molecule has 25 heavy (non-hydrogen) atoms. The number of carbonyl (C=O) groups is 1. The van der Waals surface area contributed by atoms with Gasteiger partial charge in [-0.3, -0.25) is 19.2 Å². The first-order chi connectivity index (χ1) is 11.8. The number of non-ortho nitro benzene ring substituents is 1. The van der Waals surface area contributed by atoms with Gasteiger partial charge < -0.3 is 4.74 Å². The zero-order chi connectivity index (χ0) is 18.6. The monoisotopic (exact) mass is 368 g/mol. The van der Waals surface area contributed by atoms with Crippen molar-refractivity contribution < 1.29 is 27.3 Å². The SMILES string of the molecule is COC(=O)CN(c1ccccc1F)S(=O)(=O)c1ccc([N+](=O)[O-])cc1. The van der Waals surface area contributed by atoms with Crippen LogP contribution in [0, 0.1) is 15.9 Å². The van der Waals surface area contributed by atoms with Crippen LogP contribution in [-0.2, 0) is 19.6 Å². The quantitative estimate of drug-likeness (QED) is 0.439. The Kier molecular flexibility index (Phi) is 5.32. The van der Waals surface area contributed by atoms with Crippen molar-refractivity contribution in [3.05, 3.63) is 64.5 Å². The van der Waals surface area contributed by atoms with Gasteiger partial charge in [-0.05, 0) is 24.3 Å². The number of methoxy groups -OCH3 is 1. The zero-order valence-corrected chi connectivity index (χ0v) is 13.8. The highest BCUT2D eigenvalue weighted by atomic mass is 32.2. The number of hydrogen-bond acceptors (Lipinski definition) is 6.